The molecule has 1 aliphatic rings. The molecule has 0 aromatic rings. The number of unbranched alkanes of at least 4 members (excludes halogenated alkanes) is 3. The summed E-state index contributed by atoms with van der Waals surface area (Å²) in [5.41, 5.74) is 0.623. The number of ether oxygens (including phenoxy) is 1. The van der Waals surface area contributed by atoms with Crippen molar-refractivity contribution in [3.05, 3.63) is 60.3 Å². The van der Waals surface area contributed by atoms with Gasteiger partial charge < -0.3 is 45.6 Å². The largest absolute Gasteiger partial charge is 0.459 e. The summed E-state index contributed by atoms with van der Waals surface area (Å²) in [6.45, 7) is 5.34. The molecule has 0 spiro atoms. The Bertz CT molecular complexity index is 958. The van der Waals surface area contributed by atoms with Gasteiger partial charge in [-0.15, -0.1) is 0 Å². The van der Waals surface area contributed by atoms with Crippen molar-refractivity contribution < 1.29 is 50.4 Å². The third-order valence-electron chi connectivity index (χ3n) is 7.96. The average molecular weight is 639 g/mol. The third kappa shape index (κ3) is 18.6. The van der Waals surface area contributed by atoms with E-state index in [-0.39, 0.29) is 38.5 Å². The fourth-order valence-electron chi connectivity index (χ4n) is 5.20. The number of cyclic esters (lactones) is 1. The second-order valence-electron chi connectivity index (χ2n) is 12.3. The minimum Gasteiger partial charge on any atom is -0.459 e. The van der Waals surface area contributed by atoms with Crippen molar-refractivity contribution in [3.8, 4) is 0 Å². The molecule has 1 rings (SSSR count). The molecule has 10 atom stereocenters. The molecule has 0 radical (unpaired) electrons. The Balaban J connectivity index is 3.08. The van der Waals surface area contributed by atoms with Crippen LogP contribution >= 0.6 is 0 Å². The average Bonchev–Trinajstić information content (AvgIpc) is 2.94. The summed E-state index contributed by atoms with van der Waals surface area (Å²) in [7, 11) is 0. The predicted molar refractivity (Wildman–Crippen MR) is 174 cm³/mol. The lowest BCUT2D eigenvalue weighted by Crippen LogP contribution is -2.37. The second kappa shape index (κ2) is 23.2. The summed E-state index contributed by atoms with van der Waals surface area (Å²) >= 11 is 0. The highest BCUT2D eigenvalue weighted by Gasteiger charge is 2.32. The van der Waals surface area contributed by atoms with Gasteiger partial charge in [-0.25, -0.2) is 0 Å². The van der Waals surface area contributed by atoms with Gasteiger partial charge in [0.25, 0.3) is 0 Å². The number of aliphatic hydroxyl groups excluding tert-OH is 8. The van der Waals surface area contributed by atoms with Crippen LogP contribution in [0.1, 0.15) is 91.4 Å². The van der Waals surface area contributed by atoms with Crippen molar-refractivity contribution in [1.29, 1.82) is 0 Å². The number of hydrogen-bond donors (Lipinski definition) is 8. The van der Waals surface area contributed by atoms with Crippen molar-refractivity contribution >= 4 is 5.97 Å². The van der Waals surface area contributed by atoms with E-state index in [9.17, 15) is 45.6 Å². The Morgan fingerprint density at radius 3 is 1.71 bits per heavy atom. The first-order valence-electron chi connectivity index (χ1n) is 16.3. The lowest BCUT2D eigenvalue weighted by Gasteiger charge is -2.27. The van der Waals surface area contributed by atoms with Crippen LogP contribution in [0.15, 0.2) is 60.3 Å². The van der Waals surface area contributed by atoms with Crippen molar-refractivity contribution in [2.45, 2.75) is 146 Å². The summed E-state index contributed by atoms with van der Waals surface area (Å²) in [5, 5.41) is 83.9. The first kappa shape index (κ1) is 40.9. The molecule has 0 unspecified atom stereocenters. The lowest BCUT2D eigenvalue weighted by molar-refractivity contribution is -0.162. The number of aliphatic hydroxyl groups is 8. The van der Waals surface area contributed by atoms with E-state index in [0.717, 1.165) is 19.3 Å². The molecule has 0 aliphatic carbocycles. The van der Waals surface area contributed by atoms with Gasteiger partial charge in [-0.05, 0) is 51.5 Å². The molecule has 10 nitrogen and oxygen atoms in total. The van der Waals surface area contributed by atoms with E-state index >= 15 is 0 Å². The molecule has 0 saturated heterocycles. The number of allylic oxidation sites excluding steroid dienone is 8. The number of carbonyl (C=O) groups is 1. The lowest BCUT2D eigenvalue weighted by atomic mass is 9.90. The number of hydrogen-bond acceptors (Lipinski definition) is 10. The Morgan fingerprint density at radius 2 is 1.16 bits per heavy atom. The van der Waals surface area contributed by atoms with Crippen LogP contribution in [-0.4, -0.2) is 102 Å². The summed E-state index contributed by atoms with van der Waals surface area (Å²) in [4.78, 5) is 13.1. The highest BCUT2D eigenvalue weighted by Crippen LogP contribution is 2.23. The SMILES string of the molecule is CCCCCC[C@H]1C(=O)O[C@@H](C)[C@H](O)/C=C/C=C/C=C/C=C/C=C(/C)[C@@H](O)C[C@@H](O)C[C@H](O)C[C@@H](O)C[C@H](O)C[C@H](O)C[C@H]1O. The van der Waals surface area contributed by atoms with E-state index < -0.39 is 66.8 Å². The summed E-state index contributed by atoms with van der Waals surface area (Å²) < 4.78 is 5.51. The molecule has 8 N–H and O–H groups in total. The van der Waals surface area contributed by atoms with Gasteiger partial charge in [0.2, 0.25) is 0 Å². The van der Waals surface area contributed by atoms with E-state index in [1.807, 2.05) is 0 Å². The highest BCUT2D eigenvalue weighted by molar-refractivity contribution is 5.73. The van der Waals surface area contributed by atoms with E-state index in [1.54, 1.807) is 62.5 Å². The van der Waals surface area contributed by atoms with Crippen molar-refractivity contribution in [3.63, 3.8) is 0 Å². The predicted octanol–water partition coefficient (Wildman–Crippen LogP) is 2.92. The smallest absolute Gasteiger partial charge is 0.311 e. The maximum Gasteiger partial charge on any atom is 0.311 e. The van der Waals surface area contributed by atoms with E-state index in [0.29, 0.717) is 18.4 Å². The third-order valence-corrected chi connectivity index (χ3v) is 7.96. The summed E-state index contributed by atoms with van der Waals surface area (Å²) in [6.07, 6.45) is 8.77. The molecular formula is C35H58O10. The fraction of sp³-hybridized carbons (Fsp3) is 0.686. The molecule has 258 valence electrons. The van der Waals surface area contributed by atoms with Crippen molar-refractivity contribution in [2.75, 3.05) is 0 Å². The number of esters is 1. The molecule has 10 heteroatoms. The van der Waals surface area contributed by atoms with Crippen LogP contribution in [0.4, 0.5) is 0 Å². The number of rotatable bonds is 5. The van der Waals surface area contributed by atoms with E-state index in [1.165, 1.54) is 6.08 Å². The Hall–Kier alpha value is -2.15. The second-order valence-corrected chi connectivity index (χ2v) is 12.3. The van der Waals surface area contributed by atoms with Crippen LogP contribution in [-0.2, 0) is 9.53 Å². The topological polar surface area (TPSA) is 188 Å². The summed E-state index contributed by atoms with van der Waals surface area (Å²) in [5.74, 6) is -1.60. The van der Waals surface area contributed by atoms with Crippen LogP contribution in [0.5, 0.6) is 0 Å². The number of carbonyl (C=O) groups excluding carboxylic acids is 1. The minimum absolute atomic E-state index is 0.00297. The van der Waals surface area contributed by atoms with E-state index in [4.69, 9.17) is 4.74 Å². The molecule has 1 aliphatic heterocycles. The fourth-order valence-corrected chi connectivity index (χ4v) is 5.20. The first-order chi connectivity index (χ1) is 21.3. The van der Waals surface area contributed by atoms with Gasteiger partial charge in [-0.2, -0.15) is 0 Å². The van der Waals surface area contributed by atoms with Gasteiger partial charge in [0, 0.05) is 12.8 Å². The standard InChI is InChI=1S/C35H58O10/c1-4-5-6-13-16-31-34(43)23-30(40)21-28(38)19-26(36)18-27(37)20-29(39)22-33(42)24(2)15-12-10-8-7-9-11-14-17-32(41)25(3)45-35(31)44/h7-12,14-15,17,25-34,36-43H,4-6,13,16,18-23H2,1-3H3/b8-7+,11-9+,12-10+,17-14+,24-15-/t25-,26+,27+,28-,29-,30-,31+,32+,33-,34+/m0/s1. The van der Waals surface area contributed by atoms with Gasteiger partial charge in [0.1, 0.15) is 12.2 Å². The molecule has 0 bridgehead atoms. The molecule has 0 fully saturated rings. The zero-order valence-corrected chi connectivity index (χ0v) is 27.1. The van der Waals surface area contributed by atoms with Gasteiger partial charge >= 0.3 is 5.97 Å². The Morgan fingerprint density at radius 1 is 0.667 bits per heavy atom. The Labute approximate surface area is 268 Å². The molecule has 0 saturated carbocycles. The molecule has 0 aromatic heterocycles. The minimum atomic E-state index is -1.25. The zero-order valence-electron chi connectivity index (χ0n) is 27.1. The molecule has 0 amide bonds. The molecule has 0 aromatic carbocycles. The summed E-state index contributed by atoms with van der Waals surface area (Å²) in [6, 6.07) is 0. The maximum absolute atomic E-state index is 13.1. The Kier molecular flexibility index (Phi) is 21.1. The van der Waals surface area contributed by atoms with Crippen molar-refractivity contribution in [1.82, 2.24) is 0 Å². The van der Waals surface area contributed by atoms with Gasteiger partial charge in [-0.3, -0.25) is 4.79 Å². The van der Waals surface area contributed by atoms with E-state index in [2.05, 4.69) is 6.92 Å². The molecular weight excluding hydrogens is 580 g/mol. The van der Waals surface area contributed by atoms with Crippen LogP contribution in [0, 0.1) is 5.92 Å². The van der Waals surface area contributed by atoms with Crippen molar-refractivity contribution in [2.24, 2.45) is 5.92 Å². The van der Waals surface area contributed by atoms with Crippen LogP contribution in [0.2, 0.25) is 0 Å². The van der Waals surface area contributed by atoms with Crippen LogP contribution in [0.3, 0.4) is 0 Å². The quantitative estimate of drug-likeness (QED) is 0.164. The molecule has 1 heterocycles. The van der Waals surface area contributed by atoms with Crippen LogP contribution in [0.25, 0.3) is 0 Å². The maximum atomic E-state index is 13.1. The van der Waals surface area contributed by atoms with Gasteiger partial charge in [-0.1, -0.05) is 87.3 Å². The van der Waals surface area contributed by atoms with Gasteiger partial charge in [0.15, 0.2) is 0 Å². The van der Waals surface area contributed by atoms with Gasteiger partial charge in [0.05, 0.1) is 48.6 Å². The molecule has 45 heavy (non-hydrogen) atoms. The monoisotopic (exact) mass is 638 g/mol. The highest BCUT2D eigenvalue weighted by atomic mass is 16.6. The first-order valence-corrected chi connectivity index (χ1v) is 16.3. The zero-order chi connectivity index (χ0) is 33.8. The normalized spacial score (nSPS) is 38.5. The van der Waals surface area contributed by atoms with Crippen LogP contribution < -0.4 is 0 Å².